The largest absolute Gasteiger partial charge is 0.481 e. The standard InChI is InChI=1S/C8H15NO3/c1-8(4-12-5-8)6(9)2-3-7(10)11/h6H,2-5,9H2,1H3,(H,10,11). The van der Waals surface area contributed by atoms with Gasteiger partial charge in [0, 0.05) is 17.9 Å². The Hall–Kier alpha value is -0.610. The van der Waals surface area contributed by atoms with Gasteiger partial charge in [0.25, 0.3) is 0 Å². The lowest BCUT2D eigenvalue weighted by molar-refractivity contribution is -0.139. The van der Waals surface area contributed by atoms with E-state index in [0.29, 0.717) is 19.6 Å². The Labute approximate surface area is 71.7 Å². The number of aliphatic carboxylic acids is 1. The van der Waals surface area contributed by atoms with Crippen molar-refractivity contribution in [3.8, 4) is 0 Å². The molecule has 3 N–H and O–H groups in total. The lowest BCUT2D eigenvalue weighted by Gasteiger charge is -2.42. The summed E-state index contributed by atoms with van der Waals surface area (Å²) in [7, 11) is 0. The first-order valence-electron chi connectivity index (χ1n) is 4.10. The lowest BCUT2D eigenvalue weighted by atomic mass is 9.79. The number of carboxylic acid groups (broad SMARTS) is 1. The molecule has 1 rings (SSSR count). The van der Waals surface area contributed by atoms with Crippen molar-refractivity contribution in [1.29, 1.82) is 0 Å². The molecule has 1 saturated heterocycles. The Kier molecular flexibility index (Phi) is 2.69. The third-order valence-corrected chi connectivity index (χ3v) is 2.43. The molecule has 1 fully saturated rings. The first kappa shape index (κ1) is 9.48. The molecule has 0 aromatic carbocycles. The zero-order chi connectivity index (χ0) is 9.19. The summed E-state index contributed by atoms with van der Waals surface area (Å²) in [5.41, 5.74) is 5.83. The smallest absolute Gasteiger partial charge is 0.303 e. The van der Waals surface area contributed by atoms with Gasteiger partial charge in [-0.15, -0.1) is 0 Å². The molecular weight excluding hydrogens is 158 g/mol. The molecule has 4 heteroatoms. The molecule has 12 heavy (non-hydrogen) atoms. The van der Waals surface area contributed by atoms with Crippen LogP contribution < -0.4 is 5.73 Å². The highest BCUT2D eigenvalue weighted by Crippen LogP contribution is 2.31. The summed E-state index contributed by atoms with van der Waals surface area (Å²) in [6.45, 7) is 3.35. The number of nitrogens with two attached hydrogens (primary N) is 1. The van der Waals surface area contributed by atoms with E-state index in [2.05, 4.69) is 0 Å². The van der Waals surface area contributed by atoms with Gasteiger partial charge in [0.1, 0.15) is 0 Å². The van der Waals surface area contributed by atoms with E-state index in [9.17, 15) is 4.79 Å². The number of hydrogen-bond donors (Lipinski definition) is 2. The van der Waals surface area contributed by atoms with Gasteiger partial charge >= 0.3 is 5.97 Å². The Bertz CT molecular complexity index is 177. The summed E-state index contributed by atoms with van der Waals surface area (Å²) in [6, 6.07) is -0.0534. The van der Waals surface area contributed by atoms with Gasteiger partial charge in [0.2, 0.25) is 0 Å². The van der Waals surface area contributed by atoms with Gasteiger partial charge in [-0.05, 0) is 6.42 Å². The Morgan fingerprint density at radius 3 is 2.67 bits per heavy atom. The Morgan fingerprint density at radius 2 is 2.33 bits per heavy atom. The van der Waals surface area contributed by atoms with E-state index in [-0.39, 0.29) is 17.9 Å². The van der Waals surface area contributed by atoms with E-state index in [1.807, 2.05) is 6.92 Å². The second kappa shape index (κ2) is 3.41. The minimum Gasteiger partial charge on any atom is -0.481 e. The molecule has 0 amide bonds. The maximum absolute atomic E-state index is 10.3. The molecule has 1 heterocycles. The molecule has 0 aromatic heterocycles. The average Bonchev–Trinajstić information content (AvgIpc) is 1.95. The molecule has 1 aliphatic heterocycles. The van der Waals surface area contributed by atoms with Crippen LogP contribution in [0.25, 0.3) is 0 Å². The van der Waals surface area contributed by atoms with Crippen molar-refractivity contribution in [3.05, 3.63) is 0 Å². The fourth-order valence-corrected chi connectivity index (χ4v) is 1.27. The van der Waals surface area contributed by atoms with E-state index < -0.39 is 5.97 Å². The molecule has 0 aromatic rings. The Morgan fingerprint density at radius 1 is 1.75 bits per heavy atom. The van der Waals surface area contributed by atoms with Crippen LogP contribution in [0.4, 0.5) is 0 Å². The zero-order valence-electron chi connectivity index (χ0n) is 7.25. The van der Waals surface area contributed by atoms with Crippen LogP contribution in [0.15, 0.2) is 0 Å². The third-order valence-electron chi connectivity index (χ3n) is 2.43. The molecule has 1 aliphatic rings. The van der Waals surface area contributed by atoms with Crippen LogP contribution in [0.1, 0.15) is 19.8 Å². The predicted octanol–water partition coefficient (Wildman–Crippen LogP) is 0.215. The number of ether oxygens (including phenoxy) is 1. The van der Waals surface area contributed by atoms with Crippen LogP contribution in [-0.4, -0.2) is 30.3 Å². The first-order valence-corrected chi connectivity index (χ1v) is 4.10. The van der Waals surface area contributed by atoms with E-state index in [1.54, 1.807) is 0 Å². The van der Waals surface area contributed by atoms with E-state index >= 15 is 0 Å². The number of hydrogen-bond acceptors (Lipinski definition) is 3. The van der Waals surface area contributed by atoms with E-state index in [4.69, 9.17) is 15.6 Å². The summed E-state index contributed by atoms with van der Waals surface area (Å²) in [6.07, 6.45) is 0.686. The molecular formula is C8H15NO3. The van der Waals surface area contributed by atoms with Crippen molar-refractivity contribution in [1.82, 2.24) is 0 Å². The monoisotopic (exact) mass is 173 g/mol. The number of carbonyl (C=O) groups is 1. The predicted molar refractivity (Wildman–Crippen MR) is 43.8 cm³/mol. The highest BCUT2D eigenvalue weighted by atomic mass is 16.5. The first-order chi connectivity index (χ1) is 5.54. The second-order valence-corrected chi connectivity index (χ2v) is 3.69. The van der Waals surface area contributed by atoms with Crippen LogP contribution in [0.3, 0.4) is 0 Å². The van der Waals surface area contributed by atoms with Gasteiger partial charge in [0.15, 0.2) is 0 Å². The van der Waals surface area contributed by atoms with Gasteiger partial charge in [-0.25, -0.2) is 0 Å². The summed E-state index contributed by atoms with van der Waals surface area (Å²) in [4.78, 5) is 10.3. The molecule has 0 aliphatic carbocycles. The molecule has 0 bridgehead atoms. The summed E-state index contributed by atoms with van der Waals surface area (Å²) in [5.74, 6) is -0.783. The minimum absolute atomic E-state index is 0.00937. The second-order valence-electron chi connectivity index (χ2n) is 3.69. The summed E-state index contributed by atoms with van der Waals surface area (Å²) < 4.78 is 5.04. The van der Waals surface area contributed by atoms with Gasteiger partial charge in [0.05, 0.1) is 13.2 Å². The van der Waals surface area contributed by atoms with Crippen molar-refractivity contribution in [2.75, 3.05) is 13.2 Å². The fraction of sp³-hybridized carbons (Fsp3) is 0.875. The molecule has 70 valence electrons. The van der Waals surface area contributed by atoms with Crippen LogP contribution in [0.2, 0.25) is 0 Å². The molecule has 4 nitrogen and oxygen atoms in total. The SMILES string of the molecule is CC1(C(N)CCC(=O)O)COC1. The highest BCUT2D eigenvalue weighted by molar-refractivity contribution is 5.66. The van der Waals surface area contributed by atoms with Crippen molar-refractivity contribution in [2.24, 2.45) is 11.1 Å². The van der Waals surface area contributed by atoms with Crippen LogP contribution in [0.5, 0.6) is 0 Å². The maximum Gasteiger partial charge on any atom is 0.303 e. The summed E-state index contributed by atoms with van der Waals surface area (Å²) >= 11 is 0. The normalized spacial score (nSPS) is 22.8. The fourth-order valence-electron chi connectivity index (χ4n) is 1.27. The topological polar surface area (TPSA) is 72.6 Å². The molecule has 1 unspecified atom stereocenters. The molecule has 0 saturated carbocycles. The average molecular weight is 173 g/mol. The van der Waals surface area contributed by atoms with Crippen LogP contribution in [-0.2, 0) is 9.53 Å². The minimum atomic E-state index is -0.783. The van der Waals surface area contributed by atoms with E-state index in [0.717, 1.165) is 0 Å². The number of rotatable bonds is 4. The molecule has 0 spiro atoms. The molecule has 0 radical (unpaired) electrons. The third kappa shape index (κ3) is 1.95. The zero-order valence-corrected chi connectivity index (χ0v) is 7.25. The summed E-state index contributed by atoms with van der Waals surface area (Å²) in [5, 5.41) is 8.43. The van der Waals surface area contributed by atoms with Crippen molar-refractivity contribution >= 4 is 5.97 Å². The highest BCUT2D eigenvalue weighted by Gasteiger charge is 2.39. The maximum atomic E-state index is 10.3. The van der Waals surface area contributed by atoms with Crippen molar-refractivity contribution < 1.29 is 14.6 Å². The van der Waals surface area contributed by atoms with E-state index in [1.165, 1.54) is 0 Å². The van der Waals surface area contributed by atoms with Crippen LogP contribution in [0, 0.1) is 5.41 Å². The van der Waals surface area contributed by atoms with Gasteiger partial charge < -0.3 is 15.6 Å². The van der Waals surface area contributed by atoms with Gasteiger partial charge in [-0.2, -0.15) is 0 Å². The van der Waals surface area contributed by atoms with Crippen molar-refractivity contribution in [3.63, 3.8) is 0 Å². The van der Waals surface area contributed by atoms with Gasteiger partial charge in [-0.3, -0.25) is 4.79 Å². The van der Waals surface area contributed by atoms with Gasteiger partial charge in [-0.1, -0.05) is 6.92 Å². The van der Waals surface area contributed by atoms with Crippen molar-refractivity contribution in [2.45, 2.75) is 25.8 Å². The molecule has 1 atom stereocenters. The Balaban J connectivity index is 2.27. The van der Waals surface area contributed by atoms with Crippen LogP contribution >= 0.6 is 0 Å². The quantitative estimate of drug-likeness (QED) is 0.637. The number of carboxylic acids is 1. The lowest BCUT2D eigenvalue weighted by Crippen LogP contribution is -2.53.